The average Bonchev–Trinajstić information content (AvgIpc) is 3.27. The standard InChI is InChI=1S/C17H26N2/c1-2-14-6-9-16(18-13-14)12-17(15-7-8-15)10-4-3-5-11-19-17/h6,9,13,15,19H,2-5,7-8,10-12H2,1H3. The van der Waals surface area contributed by atoms with E-state index in [1.54, 1.807) is 0 Å². The van der Waals surface area contributed by atoms with Crippen LogP contribution in [0.5, 0.6) is 0 Å². The smallest absolute Gasteiger partial charge is 0.0422 e. The lowest BCUT2D eigenvalue weighted by Crippen LogP contribution is -2.48. The number of nitrogens with one attached hydrogen (secondary N) is 1. The van der Waals surface area contributed by atoms with Crippen molar-refractivity contribution in [3.8, 4) is 0 Å². The average molecular weight is 258 g/mol. The number of aryl methyl sites for hydroxylation is 1. The number of pyridine rings is 1. The van der Waals surface area contributed by atoms with Gasteiger partial charge in [0.25, 0.3) is 0 Å². The summed E-state index contributed by atoms with van der Waals surface area (Å²) < 4.78 is 0. The molecule has 3 rings (SSSR count). The van der Waals surface area contributed by atoms with Gasteiger partial charge in [-0.15, -0.1) is 0 Å². The summed E-state index contributed by atoms with van der Waals surface area (Å²) in [7, 11) is 0. The molecule has 0 spiro atoms. The van der Waals surface area contributed by atoms with Crippen molar-refractivity contribution in [3.05, 3.63) is 29.6 Å². The molecule has 1 saturated carbocycles. The Kier molecular flexibility index (Phi) is 3.88. The fourth-order valence-electron chi connectivity index (χ4n) is 3.54. The Morgan fingerprint density at radius 1 is 1.26 bits per heavy atom. The Bertz CT molecular complexity index is 398. The molecule has 1 atom stereocenters. The zero-order valence-corrected chi connectivity index (χ0v) is 12.1. The molecule has 1 N–H and O–H groups in total. The quantitative estimate of drug-likeness (QED) is 0.894. The number of hydrogen-bond donors (Lipinski definition) is 1. The minimum absolute atomic E-state index is 0.358. The van der Waals surface area contributed by atoms with Crippen LogP contribution in [0.3, 0.4) is 0 Å². The van der Waals surface area contributed by atoms with Crippen LogP contribution in [0.15, 0.2) is 18.3 Å². The topological polar surface area (TPSA) is 24.9 Å². The Hall–Kier alpha value is -0.890. The van der Waals surface area contributed by atoms with Gasteiger partial charge in [-0.25, -0.2) is 0 Å². The highest BCUT2D eigenvalue weighted by Gasteiger charge is 2.44. The van der Waals surface area contributed by atoms with E-state index in [2.05, 4.69) is 35.6 Å². The van der Waals surface area contributed by atoms with Gasteiger partial charge in [0.15, 0.2) is 0 Å². The van der Waals surface area contributed by atoms with Gasteiger partial charge in [0.2, 0.25) is 0 Å². The highest BCUT2D eigenvalue weighted by molar-refractivity contribution is 5.18. The molecular formula is C17H26N2. The monoisotopic (exact) mass is 258 g/mol. The summed E-state index contributed by atoms with van der Waals surface area (Å²) in [6, 6.07) is 4.50. The van der Waals surface area contributed by atoms with Gasteiger partial charge >= 0.3 is 0 Å². The first-order valence-corrected chi connectivity index (χ1v) is 8.01. The highest BCUT2D eigenvalue weighted by atomic mass is 15.0. The Balaban J connectivity index is 1.76. The van der Waals surface area contributed by atoms with Crippen LogP contribution in [0.2, 0.25) is 0 Å². The van der Waals surface area contributed by atoms with E-state index in [4.69, 9.17) is 0 Å². The molecule has 2 heterocycles. The molecule has 1 saturated heterocycles. The van der Waals surface area contributed by atoms with Crippen LogP contribution in [0.4, 0.5) is 0 Å². The van der Waals surface area contributed by atoms with Crippen molar-refractivity contribution in [1.29, 1.82) is 0 Å². The second-order valence-electron chi connectivity index (χ2n) is 6.36. The molecule has 1 aromatic heterocycles. The van der Waals surface area contributed by atoms with E-state index < -0.39 is 0 Å². The van der Waals surface area contributed by atoms with Crippen molar-refractivity contribution in [3.63, 3.8) is 0 Å². The summed E-state index contributed by atoms with van der Waals surface area (Å²) in [4.78, 5) is 4.69. The van der Waals surface area contributed by atoms with Gasteiger partial charge in [0, 0.05) is 23.9 Å². The number of aromatic nitrogens is 1. The predicted octanol–water partition coefficient (Wildman–Crippen LogP) is 3.50. The van der Waals surface area contributed by atoms with Crippen LogP contribution in [0, 0.1) is 5.92 Å². The summed E-state index contributed by atoms with van der Waals surface area (Å²) in [5.74, 6) is 0.901. The second kappa shape index (κ2) is 5.62. The maximum Gasteiger partial charge on any atom is 0.0422 e. The third-order valence-corrected chi connectivity index (χ3v) is 4.93. The summed E-state index contributed by atoms with van der Waals surface area (Å²) in [5.41, 5.74) is 2.98. The second-order valence-corrected chi connectivity index (χ2v) is 6.36. The molecule has 1 aliphatic carbocycles. The molecule has 2 aliphatic rings. The number of rotatable bonds is 4. The van der Waals surface area contributed by atoms with Crippen molar-refractivity contribution in [2.45, 2.75) is 63.8 Å². The zero-order valence-electron chi connectivity index (χ0n) is 12.1. The molecule has 19 heavy (non-hydrogen) atoms. The van der Waals surface area contributed by atoms with Gasteiger partial charge < -0.3 is 5.32 Å². The number of hydrogen-bond acceptors (Lipinski definition) is 2. The lowest BCUT2D eigenvalue weighted by molar-refractivity contribution is 0.268. The first-order chi connectivity index (χ1) is 9.32. The van der Waals surface area contributed by atoms with Crippen LogP contribution in [-0.2, 0) is 12.8 Å². The third-order valence-electron chi connectivity index (χ3n) is 4.93. The predicted molar refractivity (Wildman–Crippen MR) is 79.2 cm³/mol. The van der Waals surface area contributed by atoms with Gasteiger partial charge in [-0.3, -0.25) is 4.98 Å². The van der Waals surface area contributed by atoms with Gasteiger partial charge in [-0.2, -0.15) is 0 Å². The molecule has 2 fully saturated rings. The molecule has 0 radical (unpaired) electrons. The van der Waals surface area contributed by atoms with E-state index in [9.17, 15) is 0 Å². The van der Waals surface area contributed by atoms with Crippen molar-refractivity contribution in [1.82, 2.24) is 10.3 Å². The fraction of sp³-hybridized carbons (Fsp3) is 0.706. The molecule has 1 aromatic rings. The SMILES string of the molecule is CCc1ccc(CC2(C3CC3)CCCCCN2)nc1. The fourth-order valence-corrected chi connectivity index (χ4v) is 3.54. The molecule has 2 heteroatoms. The molecule has 0 aromatic carbocycles. The molecule has 0 amide bonds. The largest absolute Gasteiger partial charge is 0.311 e. The summed E-state index contributed by atoms with van der Waals surface area (Å²) in [6.07, 6.45) is 12.6. The Labute approximate surface area is 117 Å². The van der Waals surface area contributed by atoms with Gasteiger partial charge in [-0.05, 0) is 56.2 Å². The van der Waals surface area contributed by atoms with Gasteiger partial charge in [0.1, 0.15) is 0 Å². The van der Waals surface area contributed by atoms with E-state index in [1.165, 1.54) is 56.3 Å². The van der Waals surface area contributed by atoms with Crippen molar-refractivity contribution < 1.29 is 0 Å². The van der Waals surface area contributed by atoms with Crippen molar-refractivity contribution >= 4 is 0 Å². The molecule has 104 valence electrons. The van der Waals surface area contributed by atoms with E-state index in [1.807, 2.05) is 0 Å². The maximum absolute atomic E-state index is 4.69. The van der Waals surface area contributed by atoms with Crippen LogP contribution >= 0.6 is 0 Å². The Morgan fingerprint density at radius 3 is 2.84 bits per heavy atom. The molecule has 0 bridgehead atoms. The first kappa shape index (κ1) is 13.1. The lowest BCUT2D eigenvalue weighted by Gasteiger charge is -2.34. The summed E-state index contributed by atoms with van der Waals surface area (Å²) >= 11 is 0. The first-order valence-electron chi connectivity index (χ1n) is 8.01. The van der Waals surface area contributed by atoms with Crippen LogP contribution < -0.4 is 5.32 Å². The van der Waals surface area contributed by atoms with E-state index in [0.29, 0.717) is 5.54 Å². The van der Waals surface area contributed by atoms with Crippen molar-refractivity contribution in [2.24, 2.45) is 5.92 Å². The van der Waals surface area contributed by atoms with E-state index in [-0.39, 0.29) is 0 Å². The van der Waals surface area contributed by atoms with Crippen LogP contribution in [0.25, 0.3) is 0 Å². The molecular weight excluding hydrogens is 232 g/mol. The minimum atomic E-state index is 0.358. The zero-order chi connectivity index (χ0) is 13.1. The Morgan fingerprint density at radius 2 is 2.16 bits per heavy atom. The molecule has 1 unspecified atom stereocenters. The molecule has 1 aliphatic heterocycles. The van der Waals surface area contributed by atoms with E-state index in [0.717, 1.165) is 18.8 Å². The van der Waals surface area contributed by atoms with Crippen LogP contribution in [-0.4, -0.2) is 17.1 Å². The minimum Gasteiger partial charge on any atom is -0.311 e. The third kappa shape index (κ3) is 3.00. The molecule has 2 nitrogen and oxygen atoms in total. The highest BCUT2D eigenvalue weighted by Crippen LogP contribution is 2.44. The maximum atomic E-state index is 4.69. The summed E-state index contributed by atoms with van der Waals surface area (Å²) in [6.45, 7) is 3.39. The normalized spacial score (nSPS) is 28.1. The van der Waals surface area contributed by atoms with Gasteiger partial charge in [-0.1, -0.05) is 25.8 Å². The number of nitrogens with zero attached hydrogens (tertiary/aromatic N) is 1. The van der Waals surface area contributed by atoms with Gasteiger partial charge in [0.05, 0.1) is 0 Å². The van der Waals surface area contributed by atoms with E-state index >= 15 is 0 Å². The lowest BCUT2D eigenvalue weighted by atomic mass is 9.83. The van der Waals surface area contributed by atoms with Crippen LogP contribution in [0.1, 0.15) is 56.7 Å². The van der Waals surface area contributed by atoms with Crippen molar-refractivity contribution in [2.75, 3.05) is 6.54 Å². The summed E-state index contributed by atoms with van der Waals surface area (Å²) in [5, 5.41) is 3.89.